The molecule has 10 nitrogen and oxygen atoms in total. The van der Waals surface area contributed by atoms with Gasteiger partial charge in [0, 0.05) is 52.7 Å². The second-order valence-corrected chi connectivity index (χ2v) is 10.8. The van der Waals surface area contributed by atoms with Crippen LogP contribution in [0.4, 0.5) is 21.9 Å². The Balaban J connectivity index is 1.55. The molecular formula is C29H27BrN4O6S. The summed E-state index contributed by atoms with van der Waals surface area (Å²) < 4.78 is 6.79. The van der Waals surface area contributed by atoms with Crippen molar-refractivity contribution in [3.8, 4) is 5.75 Å². The zero-order valence-electron chi connectivity index (χ0n) is 22.3. The van der Waals surface area contributed by atoms with Gasteiger partial charge in [0.1, 0.15) is 5.75 Å². The first-order chi connectivity index (χ1) is 19.7. The van der Waals surface area contributed by atoms with Crippen molar-refractivity contribution in [2.45, 2.75) is 20.4 Å². The summed E-state index contributed by atoms with van der Waals surface area (Å²) in [6.45, 7) is 5.31. The number of non-ortho nitro benzene ring substituents is 1. The van der Waals surface area contributed by atoms with E-state index in [0.717, 1.165) is 40.6 Å². The van der Waals surface area contributed by atoms with Crippen LogP contribution < -0.4 is 15.0 Å². The highest BCUT2D eigenvalue weighted by molar-refractivity contribution is 9.10. The molecule has 1 N–H and O–H groups in total. The average Bonchev–Trinajstić information content (AvgIpc) is 3.22. The van der Waals surface area contributed by atoms with Crippen LogP contribution in [0, 0.1) is 10.1 Å². The van der Waals surface area contributed by atoms with E-state index in [1.807, 2.05) is 44.2 Å². The van der Waals surface area contributed by atoms with Gasteiger partial charge in [-0.15, -0.1) is 0 Å². The molecule has 1 aliphatic rings. The van der Waals surface area contributed by atoms with E-state index in [2.05, 4.69) is 26.1 Å². The molecule has 212 valence electrons. The minimum Gasteiger partial charge on any atom is -0.483 e. The minimum absolute atomic E-state index is 0.146. The summed E-state index contributed by atoms with van der Waals surface area (Å²) in [5.74, 6) is -0.576. The predicted octanol–water partition coefficient (Wildman–Crippen LogP) is 6.46. The van der Waals surface area contributed by atoms with Crippen molar-refractivity contribution in [1.29, 1.82) is 0 Å². The molecule has 3 aromatic carbocycles. The molecule has 12 heteroatoms. The fraction of sp³-hybridized carbons (Fsp3) is 0.207. The number of nitrogens with one attached hydrogen (secondary N) is 1. The van der Waals surface area contributed by atoms with Gasteiger partial charge < -0.3 is 15.0 Å². The summed E-state index contributed by atoms with van der Waals surface area (Å²) in [5, 5.41) is 13.3. The van der Waals surface area contributed by atoms with Gasteiger partial charge in [0.2, 0.25) is 0 Å². The molecule has 0 aliphatic carbocycles. The van der Waals surface area contributed by atoms with E-state index in [0.29, 0.717) is 11.3 Å². The molecule has 0 aromatic heterocycles. The Kier molecular flexibility index (Phi) is 9.79. The summed E-state index contributed by atoms with van der Waals surface area (Å²) in [5.41, 5.74) is 2.33. The normalized spacial score (nSPS) is 13.9. The Bertz CT molecular complexity index is 1510. The number of hydrogen-bond donors (Lipinski definition) is 1. The maximum atomic E-state index is 13.2. The Labute approximate surface area is 249 Å². The van der Waals surface area contributed by atoms with Gasteiger partial charge in [-0.05, 0) is 67.6 Å². The molecule has 3 amide bonds. The summed E-state index contributed by atoms with van der Waals surface area (Å²) >= 11 is 4.23. The number of nitro benzene ring substituents is 1. The maximum Gasteiger partial charge on any atom is 0.293 e. The lowest BCUT2D eigenvalue weighted by Crippen LogP contribution is -2.27. The Morgan fingerprint density at radius 3 is 2.51 bits per heavy atom. The van der Waals surface area contributed by atoms with Crippen LogP contribution in [0.15, 0.2) is 76.1 Å². The van der Waals surface area contributed by atoms with E-state index >= 15 is 0 Å². The minimum atomic E-state index is -0.544. The van der Waals surface area contributed by atoms with Gasteiger partial charge in [-0.3, -0.25) is 29.4 Å². The standard InChI is InChI=1S/C29H27BrN4O6S/c1-3-32(4-2)23-13-10-20(14-26-28(36)33(29(37)41-26)17-19-8-11-21(30)12-9-19)25(16-23)40-18-27(35)31-22-6-5-7-24(15-22)34(38)39/h5-16H,3-4,17-18H2,1-2H3,(H,31,35)/b26-14-. The lowest BCUT2D eigenvalue weighted by molar-refractivity contribution is -0.384. The first kappa shape index (κ1) is 29.8. The van der Waals surface area contributed by atoms with Crippen molar-refractivity contribution in [3.05, 3.63) is 97.3 Å². The summed E-state index contributed by atoms with van der Waals surface area (Å²) in [4.78, 5) is 52.5. The number of thioether (sulfide) groups is 1. The van der Waals surface area contributed by atoms with Crippen LogP contribution in [0.2, 0.25) is 0 Å². The van der Waals surface area contributed by atoms with Crippen LogP contribution >= 0.6 is 27.7 Å². The van der Waals surface area contributed by atoms with Crippen molar-refractivity contribution in [2.75, 3.05) is 29.9 Å². The second kappa shape index (κ2) is 13.5. The monoisotopic (exact) mass is 638 g/mol. The number of rotatable bonds is 11. The molecule has 0 unspecified atom stereocenters. The number of halogens is 1. The van der Waals surface area contributed by atoms with Crippen LogP contribution in [0.1, 0.15) is 25.0 Å². The van der Waals surface area contributed by atoms with Gasteiger partial charge in [-0.2, -0.15) is 0 Å². The van der Waals surface area contributed by atoms with Gasteiger partial charge in [0.25, 0.3) is 22.7 Å². The Morgan fingerprint density at radius 2 is 1.83 bits per heavy atom. The quantitative estimate of drug-likeness (QED) is 0.144. The number of nitrogens with zero attached hydrogens (tertiary/aromatic N) is 3. The molecule has 1 fully saturated rings. The number of ether oxygens (including phenoxy) is 1. The van der Waals surface area contributed by atoms with Crippen molar-refractivity contribution < 1.29 is 24.0 Å². The third-order valence-electron chi connectivity index (χ3n) is 6.24. The van der Waals surface area contributed by atoms with Gasteiger partial charge in [0.05, 0.1) is 16.4 Å². The largest absolute Gasteiger partial charge is 0.483 e. The Morgan fingerprint density at radius 1 is 1.10 bits per heavy atom. The summed E-state index contributed by atoms with van der Waals surface area (Å²) in [6.07, 6.45) is 1.59. The number of anilines is 2. The first-order valence-corrected chi connectivity index (χ1v) is 14.3. The fourth-order valence-corrected chi connectivity index (χ4v) is 5.23. The van der Waals surface area contributed by atoms with E-state index in [-0.39, 0.29) is 34.7 Å². The Hall–Kier alpha value is -4.16. The molecule has 3 aromatic rings. The van der Waals surface area contributed by atoms with Gasteiger partial charge >= 0.3 is 0 Å². The lowest BCUT2D eigenvalue weighted by Gasteiger charge is -2.22. The highest BCUT2D eigenvalue weighted by atomic mass is 79.9. The molecule has 0 atom stereocenters. The molecule has 1 aliphatic heterocycles. The molecule has 1 heterocycles. The van der Waals surface area contributed by atoms with Crippen LogP contribution in [0.3, 0.4) is 0 Å². The van der Waals surface area contributed by atoms with Crippen LogP contribution in [0.5, 0.6) is 5.75 Å². The van der Waals surface area contributed by atoms with Crippen molar-refractivity contribution >= 4 is 67.9 Å². The fourth-order valence-electron chi connectivity index (χ4n) is 4.14. The SMILES string of the molecule is CCN(CC)c1ccc(/C=C2\SC(=O)N(Cc3ccc(Br)cc3)C2=O)c(OCC(=O)Nc2cccc([N+](=O)[O-])c2)c1. The number of hydrogen-bond acceptors (Lipinski definition) is 8. The highest BCUT2D eigenvalue weighted by Gasteiger charge is 2.35. The summed E-state index contributed by atoms with van der Waals surface area (Å²) in [7, 11) is 0. The number of imide groups is 1. The molecule has 41 heavy (non-hydrogen) atoms. The summed E-state index contributed by atoms with van der Waals surface area (Å²) in [6, 6.07) is 18.4. The van der Waals surface area contributed by atoms with Gasteiger partial charge in [0.15, 0.2) is 6.61 Å². The van der Waals surface area contributed by atoms with Crippen LogP contribution in [0.25, 0.3) is 6.08 Å². The topological polar surface area (TPSA) is 122 Å². The number of nitro groups is 1. The second-order valence-electron chi connectivity index (χ2n) is 8.93. The van der Waals surface area contributed by atoms with E-state index in [1.165, 1.54) is 23.1 Å². The van der Waals surface area contributed by atoms with Gasteiger partial charge in [-0.25, -0.2) is 0 Å². The zero-order chi connectivity index (χ0) is 29.5. The molecule has 4 rings (SSSR count). The van der Waals surface area contributed by atoms with E-state index in [9.17, 15) is 24.5 Å². The van der Waals surface area contributed by atoms with E-state index in [1.54, 1.807) is 24.3 Å². The average molecular weight is 640 g/mol. The molecule has 0 saturated carbocycles. The van der Waals surface area contributed by atoms with Crippen molar-refractivity contribution in [1.82, 2.24) is 4.90 Å². The van der Waals surface area contributed by atoms with Crippen molar-refractivity contribution in [3.63, 3.8) is 0 Å². The molecule has 1 saturated heterocycles. The molecule has 0 bridgehead atoms. The number of carbonyl (C=O) groups excluding carboxylic acids is 3. The van der Waals surface area contributed by atoms with E-state index < -0.39 is 16.7 Å². The predicted molar refractivity (Wildman–Crippen MR) is 163 cm³/mol. The number of carbonyl (C=O) groups is 3. The van der Waals surface area contributed by atoms with E-state index in [4.69, 9.17) is 4.74 Å². The van der Waals surface area contributed by atoms with Crippen LogP contribution in [-0.2, 0) is 16.1 Å². The maximum absolute atomic E-state index is 13.2. The third-order valence-corrected chi connectivity index (χ3v) is 7.68. The van der Waals surface area contributed by atoms with Crippen LogP contribution in [-0.4, -0.2) is 46.6 Å². The third kappa shape index (κ3) is 7.53. The van der Waals surface area contributed by atoms with Gasteiger partial charge in [-0.1, -0.05) is 34.1 Å². The molecule has 0 spiro atoms. The van der Waals surface area contributed by atoms with Crippen molar-refractivity contribution in [2.24, 2.45) is 0 Å². The highest BCUT2D eigenvalue weighted by Crippen LogP contribution is 2.36. The number of amides is 3. The molecule has 0 radical (unpaired) electrons. The zero-order valence-corrected chi connectivity index (χ0v) is 24.7. The first-order valence-electron chi connectivity index (χ1n) is 12.7. The number of benzene rings is 3. The smallest absolute Gasteiger partial charge is 0.293 e. The molecular weight excluding hydrogens is 612 g/mol. The lowest BCUT2D eigenvalue weighted by atomic mass is 10.1.